The van der Waals surface area contributed by atoms with Gasteiger partial charge in [-0.1, -0.05) is 44.2 Å². The third-order valence-corrected chi connectivity index (χ3v) is 6.73. The molecule has 0 saturated carbocycles. The number of piperazine rings is 1. The van der Waals surface area contributed by atoms with E-state index in [9.17, 15) is 0 Å². The normalized spacial score (nSPS) is 17.3. The molecule has 0 aliphatic carbocycles. The molecule has 0 spiro atoms. The van der Waals surface area contributed by atoms with E-state index < -0.39 is 0 Å². The van der Waals surface area contributed by atoms with Crippen molar-refractivity contribution < 1.29 is 0 Å². The molecule has 1 unspecified atom stereocenters. The molecule has 1 aliphatic heterocycles. The van der Waals surface area contributed by atoms with Crippen molar-refractivity contribution in [3.63, 3.8) is 0 Å². The summed E-state index contributed by atoms with van der Waals surface area (Å²) in [5, 5.41) is 8.99. The Hall–Kier alpha value is -1.89. The quantitative estimate of drug-likeness (QED) is 0.514. The van der Waals surface area contributed by atoms with Crippen molar-refractivity contribution in [1.29, 1.82) is 0 Å². The van der Waals surface area contributed by atoms with Crippen LogP contribution in [0.4, 0.5) is 0 Å². The predicted molar refractivity (Wildman–Crippen MR) is 125 cm³/mol. The Kier molecular flexibility index (Phi) is 8.52. The van der Waals surface area contributed by atoms with Crippen molar-refractivity contribution in [3.8, 4) is 0 Å². The second kappa shape index (κ2) is 11.3. The Morgan fingerprint density at radius 1 is 1.03 bits per heavy atom. The largest absolute Gasteiger partial charge is 0.356 e. The number of benzene rings is 1. The smallest absolute Gasteiger partial charge is 0.191 e. The molecule has 1 fully saturated rings. The van der Waals surface area contributed by atoms with Crippen LogP contribution in [0.2, 0.25) is 0 Å². The van der Waals surface area contributed by atoms with Gasteiger partial charge in [0.1, 0.15) is 0 Å². The first kappa shape index (κ1) is 21.8. The van der Waals surface area contributed by atoms with E-state index in [0.29, 0.717) is 5.92 Å². The van der Waals surface area contributed by atoms with Crippen LogP contribution in [0.1, 0.15) is 35.8 Å². The highest BCUT2D eigenvalue weighted by molar-refractivity contribution is 7.10. The molecule has 0 amide bonds. The number of thiophene rings is 1. The van der Waals surface area contributed by atoms with Gasteiger partial charge in [-0.15, -0.1) is 11.3 Å². The van der Waals surface area contributed by atoms with E-state index in [0.717, 1.165) is 25.6 Å². The van der Waals surface area contributed by atoms with Crippen molar-refractivity contribution >= 4 is 17.3 Å². The fourth-order valence-corrected chi connectivity index (χ4v) is 4.40. The first-order valence-corrected chi connectivity index (χ1v) is 11.6. The Balaban J connectivity index is 1.40. The molecule has 1 atom stereocenters. The lowest BCUT2D eigenvalue weighted by Crippen LogP contribution is -2.45. The topological polar surface area (TPSA) is 42.9 Å². The van der Waals surface area contributed by atoms with Gasteiger partial charge in [0.2, 0.25) is 0 Å². The first-order valence-electron chi connectivity index (χ1n) is 10.7. The zero-order valence-corrected chi connectivity index (χ0v) is 18.8. The molecule has 6 heteroatoms. The molecule has 1 aromatic heterocycles. The van der Waals surface area contributed by atoms with Crippen molar-refractivity contribution in [2.24, 2.45) is 4.99 Å². The molecule has 2 heterocycles. The average Bonchev–Trinajstić information content (AvgIpc) is 3.30. The highest BCUT2D eigenvalue weighted by Crippen LogP contribution is 2.19. The van der Waals surface area contributed by atoms with E-state index in [1.807, 2.05) is 18.4 Å². The van der Waals surface area contributed by atoms with Gasteiger partial charge in [0.25, 0.3) is 0 Å². The van der Waals surface area contributed by atoms with Crippen LogP contribution >= 0.6 is 11.3 Å². The molecule has 0 bridgehead atoms. The van der Waals surface area contributed by atoms with Crippen LogP contribution in [0.5, 0.6) is 0 Å². The van der Waals surface area contributed by atoms with Crippen LogP contribution in [-0.2, 0) is 13.1 Å². The number of hydrogen-bond donors (Lipinski definition) is 2. The zero-order valence-electron chi connectivity index (χ0n) is 18.0. The van der Waals surface area contributed by atoms with Gasteiger partial charge >= 0.3 is 0 Å². The van der Waals surface area contributed by atoms with Crippen LogP contribution in [0.15, 0.2) is 46.8 Å². The summed E-state index contributed by atoms with van der Waals surface area (Å²) in [7, 11) is 1.83. The van der Waals surface area contributed by atoms with Crippen LogP contribution < -0.4 is 10.6 Å². The number of aliphatic imine (C=N–C) groups is 1. The summed E-state index contributed by atoms with van der Waals surface area (Å²) in [6.45, 7) is 13.1. The second-order valence-corrected chi connectivity index (χ2v) is 8.73. The summed E-state index contributed by atoms with van der Waals surface area (Å²) in [4.78, 5) is 10.8. The summed E-state index contributed by atoms with van der Waals surface area (Å²) >= 11 is 1.81. The van der Waals surface area contributed by atoms with Gasteiger partial charge in [0, 0.05) is 63.7 Å². The lowest BCUT2D eigenvalue weighted by atomic mass is 10.1. The summed E-state index contributed by atoms with van der Waals surface area (Å²) < 4.78 is 0. The van der Waals surface area contributed by atoms with Crippen molar-refractivity contribution in [1.82, 2.24) is 20.4 Å². The van der Waals surface area contributed by atoms with E-state index in [-0.39, 0.29) is 0 Å². The SMILES string of the molecule is CCN1CCN(Cc2ccc(CNC(=NC)NCC(C)c3cccs3)cc2)CC1. The Bertz CT molecular complexity index is 733. The second-order valence-electron chi connectivity index (χ2n) is 7.75. The average molecular weight is 414 g/mol. The van der Waals surface area contributed by atoms with E-state index in [2.05, 4.69) is 81.1 Å². The van der Waals surface area contributed by atoms with Crippen LogP contribution in [0, 0.1) is 0 Å². The molecule has 1 aliphatic rings. The summed E-state index contributed by atoms with van der Waals surface area (Å²) in [6.07, 6.45) is 0. The number of likely N-dealkylation sites (N-methyl/N-ethyl adjacent to an activating group) is 1. The Morgan fingerprint density at radius 2 is 1.72 bits per heavy atom. The minimum Gasteiger partial charge on any atom is -0.356 e. The standard InChI is InChI=1S/C23H35N5S/c1-4-27-11-13-28(14-12-27)18-21-9-7-20(8-10-21)17-26-23(24-3)25-16-19(2)22-6-5-15-29-22/h5-10,15,19H,4,11-14,16-18H2,1-3H3,(H2,24,25,26). The van der Waals surface area contributed by atoms with Gasteiger partial charge in [0.05, 0.1) is 0 Å². The fraction of sp³-hybridized carbons (Fsp3) is 0.522. The summed E-state index contributed by atoms with van der Waals surface area (Å²) in [6, 6.07) is 13.3. The van der Waals surface area contributed by atoms with Gasteiger partial charge < -0.3 is 15.5 Å². The Labute approximate surface area is 179 Å². The maximum atomic E-state index is 4.35. The maximum absolute atomic E-state index is 4.35. The number of hydrogen-bond acceptors (Lipinski definition) is 4. The molecular formula is C23H35N5S. The highest BCUT2D eigenvalue weighted by atomic mass is 32.1. The van der Waals surface area contributed by atoms with Gasteiger partial charge in [0.15, 0.2) is 5.96 Å². The van der Waals surface area contributed by atoms with E-state index in [4.69, 9.17) is 0 Å². The number of nitrogens with zero attached hydrogens (tertiary/aromatic N) is 3. The summed E-state index contributed by atoms with van der Waals surface area (Å²) in [5.41, 5.74) is 2.67. The van der Waals surface area contributed by atoms with E-state index in [1.165, 1.54) is 48.7 Å². The Morgan fingerprint density at radius 3 is 2.34 bits per heavy atom. The molecular weight excluding hydrogens is 378 g/mol. The number of rotatable bonds is 8. The van der Waals surface area contributed by atoms with Gasteiger partial charge in [-0.3, -0.25) is 9.89 Å². The molecule has 29 heavy (non-hydrogen) atoms. The van der Waals surface area contributed by atoms with Crippen LogP contribution in [0.3, 0.4) is 0 Å². The third-order valence-electron chi connectivity index (χ3n) is 5.63. The van der Waals surface area contributed by atoms with Crippen LogP contribution in [-0.4, -0.2) is 62.1 Å². The van der Waals surface area contributed by atoms with Crippen molar-refractivity contribution in [2.45, 2.75) is 32.9 Å². The highest BCUT2D eigenvalue weighted by Gasteiger charge is 2.15. The number of guanidine groups is 1. The zero-order chi connectivity index (χ0) is 20.5. The molecule has 0 radical (unpaired) electrons. The maximum Gasteiger partial charge on any atom is 0.191 e. The van der Waals surface area contributed by atoms with E-state index >= 15 is 0 Å². The van der Waals surface area contributed by atoms with Crippen molar-refractivity contribution in [3.05, 3.63) is 57.8 Å². The molecule has 1 aromatic carbocycles. The van der Waals surface area contributed by atoms with Gasteiger partial charge in [-0.05, 0) is 29.1 Å². The first-order chi connectivity index (χ1) is 14.2. The molecule has 1 saturated heterocycles. The minimum absolute atomic E-state index is 0.479. The monoisotopic (exact) mass is 413 g/mol. The number of nitrogens with one attached hydrogen (secondary N) is 2. The predicted octanol–water partition coefficient (Wildman–Crippen LogP) is 3.35. The summed E-state index contributed by atoms with van der Waals surface area (Å²) in [5.74, 6) is 1.33. The van der Waals surface area contributed by atoms with Gasteiger partial charge in [-0.2, -0.15) is 0 Å². The van der Waals surface area contributed by atoms with Crippen LogP contribution in [0.25, 0.3) is 0 Å². The van der Waals surface area contributed by atoms with Crippen molar-refractivity contribution in [2.75, 3.05) is 46.3 Å². The third kappa shape index (κ3) is 6.84. The molecule has 3 rings (SSSR count). The van der Waals surface area contributed by atoms with E-state index in [1.54, 1.807) is 0 Å². The molecule has 2 aromatic rings. The van der Waals surface area contributed by atoms with Gasteiger partial charge in [-0.25, -0.2) is 0 Å². The lowest BCUT2D eigenvalue weighted by Gasteiger charge is -2.34. The fourth-order valence-electron chi connectivity index (χ4n) is 3.61. The molecule has 158 valence electrons. The minimum atomic E-state index is 0.479. The lowest BCUT2D eigenvalue weighted by molar-refractivity contribution is 0.132. The molecule has 2 N–H and O–H groups in total. The molecule has 5 nitrogen and oxygen atoms in total.